The van der Waals surface area contributed by atoms with Crippen molar-refractivity contribution < 1.29 is 13.0 Å². The maximum Gasteiger partial charge on any atom is 0.291 e. The van der Waals surface area contributed by atoms with Crippen LogP contribution in [0, 0.1) is 22.2 Å². The third-order valence-corrected chi connectivity index (χ3v) is 5.48. The second-order valence-corrected chi connectivity index (χ2v) is 10.9. The lowest BCUT2D eigenvalue weighted by molar-refractivity contribution is 0.260. The lowest BCUT2D eigenvalue weighted by Crippen LogP contribution is -2.34. The fourth-order valence-corrected chi connectivity index (χ4v) is 4.37. The summed E-state index contributed by atoms with van der Waals surface area (Å²) in [7, 11) is -4.22. The summed E-state index contributed by atoms with van der Waals surface area (Å²) in [5.41, 5.74) is 1.37. The van der Waals surface area contributed by atoms with Gasteiger partial charge in [0.2, 0.25) is 0 Å². The monoisotopic (exact) mass is 328 g/mol. The average molecular weight is 329 g/mol. The van der Waals surface area contributed by atoms with Crippen molar-refractivity contribution in [3.63, 3.8) is 0 Å². The minimum absolute atomic E-state index is 0.0231. The van der Waals surface area contributed by atoms with Crippen LogP contribution in [0.2, 0.25) is 0 Å². The van der Waals surface area contributed by atoms with E-state index in [0.29, 0.717) is 6.42 Å². The minimum Gasteiger partial charge on any atom is -0.282 e. The molecule has 0 saturated carbocycles. The van der Waals surface area contributed by atoms with Gasteiger partial charge in [-0.15, -0.1) is 0 Å². The summed E-state index contributed by atoms with van der Waals surface area (Å²) >= 11 is 0. The zero-order valence-electron chi connectivity index (χ0n) is 15.5. The van der Waals surface area contributed by atoms with Gasteiger partial charge in [-0.1, -0.05) is 74.0 Å². The van der Waals surface area contributed by atoms with Gasteiger partial charge in [0, 0.05) is 5.92 Å². The molecule has 3 nitrogen and oxygen atoms in total. The summed E-state index contributed by atoms with van der Waals surface area (Å²) in [6.07, 6.45) is 2.67. The largest absolute Gasteiger partial charge is 0.291 e. The fraction of sp³-hybridized carbons (Fsp3) is 0.778. The first-order chi connectivity index (χ1) is 9.45. The molecular weight excluding hydrogens is 296 g/mol. The van der Waals surface area contributed by atoms with E-state index in [1.807, 2.05) is 47.6 Å². The molecule has 1 rings (SSSR count). The third-order valence-electron chi connectivity index (χ3n) is 4.42. The molecule has 1 aliphatic carbocycles. The summed E-state index contributed by atoms with van der Waals surface area (Å²) < 4.78 is 34.1. The maximum atomic E-state index is 12.1. The molecule has 0 amide bonds. The average Bonchev–Trinajstić information content (AvgIpc) is 2.22. The second kappa shape index (κ2) is 5.48. The van der Waals surface area contributed by atoms with Crippen molar-refractivity contribution in [1.82, 2.24) is 0 Å². The molecule has 0 saturated heterocycles. The molecule has 0 spiro atoms. The van der Waals surface area contributed by atoms with E-state index in [1.165, 1.54) is 5.57 Å². The SMILES string of the molecule is CC(C)(C)C1=CC(C(C)(C)C)=C(S(=O)(=O)O)C(C(C)(C)C)C1. The number of hydrogen-bond acceptors (Lipinski definition) is 2. The van der Waals surface area contributed by atoms with Gasteiger partial charge in [-0.3, -0.25) is 4.55 Å². The summed E-state index contributed by atoms with van der Waals surface area (Å²) in [6, 6.07) is 0. The molecule has 0 radical (unpaired) electrons. The number of allylic oxidation sites excluding steroid dienone is 4. The molecular formula is C18H32O3S. The Morgan fingerprint density at radius 2 is 1.41 bits per heavy atom. The Bertz CT molecular complexity index is 600. The highest BCUT2D eigenvalue weighted by Gasteiger charge is 2.42. The normalized spacial score (nSPS) is 21.9. The third kappa shape index (κ3) is 4.23. The van der Waals surface area contributed by atoms with E-state index < -0.39 is 10.1 Å². The zero-order chi connectivity index (χ0) is 17.7. The Morgan fingerprint density at radius 3 is 1.68 bits per heavy atom. The highest BCUT2D eigenvalue weighted by atomic mass is 32.2. The van der Waals surface area contributed by atoms with E-state index in [4.69, 9.17) is 0 Å². The highest BCUT2D eigenvalue weighted by Crippen LogP contribution is 2.50. The molecule has 0 aromatic carbocycles. The van der Waals surface area contributed by atoms with Crippen molar-refractivity contribution in [2.45, 2.75) is 68.7 Å². The molecule has 0 aliphatic heterocycles. The summed E-state index contributed by atoms with van der Waals surface area (Å²) in [6.45, 7) is 18.5. The van der Waals surface area contributed by atoms with Gasteiger partial charge < -0.3 is 0 Å². The van der Waals surface area contributed by atoms with Crippen LogP contribution in [0.15, 0.2) is 22.1 Å². The van der Waals surface area contributed by atoms with E-state index in [2.05, 4.69) is 20.8 Å². The molecule has 4 heteroatoms. The van der Waals surface area contributed by atoms with Crippen molar-refractivity contribution in [2.75, 3.05) is 0 Å². The van der Waals surface area contributed by atoms with Crippen LogP contribution in [0.25, 0.3) is 0 Å². The van der Waals surface area contributed by atoms with Crippen LogP contribution < -0.4 is 0 Å². The van der Waals surface area contributed by atoms with Crippen molar-refractivity contribution in [1.29, 1.82) is 0 Å². The minimum atomic E-state index is -4.22. The van der Waals surface area contributed by atoms with E-state index in [-0.39, 0.29) is 27.1 Å². The Hall–Kier alpha value is -0.610. The Labute approximate surface area is 136 Å². The fourth-order valence-electron chi connectivity index (χ4n) is 2.93. The molecule has 0 aromatic heterocycles. The maximum absolute atomic E-state index is 12.1. The van der Waals surface area contributed by atoms with Crippen molar-refractivity contribution in [2.24, 2.45) is 22.2 Å². The predicted molar refractivity (Wildman–Crippen MR) is 93.1 cm³/mol. The van der Waals surface area contributed by atoms with Gasteiger partial charge in [0.15, 0.2) is 0 Å². The lowest BCUT2D eigenvalue weighted by atomic mass is 9.66. The van der Waals surface area contributed by atoms with Crippen molar-refractivity contribution >= 4 is 10.1 Å². The lowest BCUT2D eigenvalue weighted by Gasteiger charge is -2.41. The molecule has 0 aromatic rings. The van der Waals surface area contributed by atoms with Crippen LogP contribution in [0.4, 0.5) is 0 Å². The first-order valence-corrected chi connectivity index (χ1v) is 9.33. The van der Waals surface area contributed by atoms with Gasteiger partial charge in [0.25, 0.3) is 10.1 Å². The van der Waals surface area contributed by atoms with Crippen LogP contribution in [-0.4, -0.2) is 13.0 Å². The summed E-state index contributed by atoms with van der Waals surface area (Å²) in [5, 5.41) is 0. The van der Waals surface area contributed by atoms with Crippen LogP contribution in [0.3, 0.4) is 0 Å². The van der Waals surface area contributed by atoms with Crippen LogP contribution in [0.1, 0.15) is 68.7 Å². The van der Waals surface area contributed by atoms with Gasteiger partial charge >= 0.3 is 0 Å². The van der Waals surface area contributed by atoms with Crippen LogP contribution in [-0.2, 0) is 10.1 Å². The second-order valence-electron chi connectivity index (χ2n) is 9.55. The molecule has 22 heavy (non-hydrogen) atoms. The van der Waals surface area contributed by atoms with Crippen LogP contribution >= 0.6 is 0 Å². The van der Waals surface area contributed by atoms with E-state index in [0.717, 1.165) is 5.57 Å². The molecule has 0 fully saturated rings. The molecule has 128 valence electrons. The quantitative estimate of drug-likeness (QED) is 0.672. The van der Waals surface area contributed by atoms with Gasteiger partial charge in [0.1, 0.15) is 0 Å². The van der Waals surface area contributed by atoms with Gasteiger partial charge in [-0.25, -0.2) is 0 Å². The summed E-state index contributed by atoms with van der Waals surface area (Å²) in [4.78, 5) is 0.209. The van der Waals surface area contributed by atoms with E-state index >= 15 is 0 Å². The highest BCUT2D eigenvalue weighted by molar-refractivity contribution is 7.89. The smallest absolute Gasteiger partial charge is 0.282 e. The van der Waals surface area contributed by atoms with Gasteiger partial charge in [-0.05, 0) is 28.2 Å². The summed E-state index contributed by atoms with van der Waals surface area (Å²) in [5.74, 6) is -0.212. The number of rotatable bonds is 1. The molecule has 0 bridgehead atoms. The van der Waals surface area contributed by atoms with Gasteiger partial charge in [0.05, 0.1) is 4.91 Å². The molecule has 1 aliphatic rings. The van der Waals surface area contributed by atoms with E-state index in [9.17, 15) is 13.0 Å². The zero-order valence-corrected chi connectivity index (χ0v) is 16.4. The van der Waals surface area contributed by atoms with Crippen molar-refractivity contribution in [3.8, 4) is 0 Å². The molecule has 1 N–H and O–H groups in total. The van der Waals surface area contributed by atoms with Crippen LogP contribution in [0.5, 0.6) is 0 Å². The first-order valence-electron chi connectivity index (χ1n) is 7.89. The Kier molecular flexibility index (Phi) is 4.84. The van der Waals surface area contributed by atoms with Crippen molar-refractivity contribution in [3.05, 3.63) is 22.1 Å². The standard InChI is InChI=1S/C18H32O3S/c1-16(2,3)12-10-13(17(4,5)6)15(22(19,20)21)14(11-12)18(7,8)9/h10,14H,11H2,1-9H3,(H,19,20,21). The molecule has 1 atom stereocenters. The Balaban J connectivity index is 3.80. The first kappa shape index (κ1) is 19.4. The topological polar surface area (TPSA) is 54.4 Å². The molecule has 0 heterocycles. The predicted octanol–water partition coefficient (Wildman–Crippen LogP) is 5.21. The van der Waals surface area contributed by atoms with E-state index in [1.54, 1.807) is 0 Å². The Morgan fingerprint density at radius 1 is 0.955 bits per heavy atom. The molecule has 1 unspecified atom stereocenters. The number of hydrogen-bond donors (Lipinski definition) is 1. The van der Waals surface area contributed by atoms with Gasteiger partial charge in [-0.2, -0.15) is 8.42 Å².